The van der Waals surface area contributed by atoms with Crippen molar-refractivity contribution in [1.82, 2.24) is 4.98 Å². The molecule has 1 aromatic heterocycles. The van der Waals surface area contributed by atoms with Gasteiger partial charge in [-0.2, -0.15) is 0 Å². The number of aromatic nitrogens is 1. The van der Waals surface area contributed by atoms with Crippen LogP contribution in [0, 0.1) is 0 Å². The van der Waals surface area contributed by atoms with E-state index in [1.54, 1.807) is 18.3 Å². The number of nitrogens with zero attached hydrogens (tertiary/aromatic N) is 1. The minimum absolute atomic E-state index is 0.369. The summed E-state index contributed by atoms with van der Waals surface area (Å²) in [6, 6.07) is 3.23. The van der Waals surface area contributed by atoms with Gasteiger partial charge in [0, 0.05) is 12.3 Å². The number of esters is 1. The number of methoxy groups -OCH3 is 1. The second-order valence-corrected chi connectivity index (χ2v) is 4.49. The fourth-order valence-corrected chi connectivity index (χ4v) is 1.79. The molecule has 0 spiro atoms. The summed E-state index contributed by atoms with van der Waals surface area (Å²) in [6.45, 7) is 2.85. The Morgan fingerprint density at radius 2 is 1.95 bits per heavy atom. The van der Waals surface area contributed by atoms with Gasteiger partial charge in [0.1, 0.15) is 0 Å². The Balaban J connectivity index is 2.24. The molecule has 0 aromatic carbocycles. The van der Waals surface area contributed by atoms with E-state index in [9.17, 15) is 4.79 Å². The lowest BCUT2D eigenvalue weighted by atomic mass is 10.1. The second kappa shape index (κ2) is 9.36. The van der Waals surface area contributed by atoms with Crippen molar-refractivity contribution in [3.63, 3.8) is 0 Å². The first-order valence-corrected chi connectivity index (χ1v) is 6.95. The highest BCUT2D eigenvalue weighted by Crippen LogP contribution is 2.11. The molecule has 0 saturated carbocycles. The number of carbonyl (C=O) groups excluding carboxylic acids is 1. The normalized spacial score (nSPS) is 10.2. The van der Waals surface area contributed by atoms with E-state index < -0.39 is 0 Å². The van der Waals surface area contributed by atoms with Crippen molar-refractivity contribution in [3.8, 4) is 5.88 Å². The van der Waals surface area contributed by atoms with E-state index >= 15 is 0 Å². The molecule has 4 nitrogen and oxygen atoms in total. The largest absolute Gasteiger partial charge is 0.478 e. The minimum Gasteiger partial charge on any atom is -0.478 e. The number of pyridine rings is 1. The standard InChI is InChI=1S/C15H23NO3/c1-3-4-5-6-7-8-11-19-14-12-13(9-10-16-14)15(17)18-2/h9-10,12H,3-8,11H2,1-2H3. The molecule has 0 bridgehead atoms. The van der Waals surface area contributed by atoms with Gasteiger partial charge in [-0.05, 0) is 12.5 Å². The Hall–Kier alpha value is -1.58. The van der Waals surface area contributed by atoms with E-state index in [4.69, 9.17) is 4.74 Å². The quantitative estimate of drug-likeness (QED) is 0.505. The fraction of sp³-hybridized carbons (Fsp3) is 0.600. The van der Waals surface area contributed by atoms with E-state index in [1.165, 1.54) is 39.2 Å². The molecule has 0 aliphatic rings. The van der Waals surface area contributed by atoms with Crippen LogP contribution in [0.25, 0.3) is 0 Å². The Morgan fingerprint density at radius 3 is 2.68 bits per heavy atom. The van der Waals surface area contributed by atoms with E-state index in [-0.39, 0.29) is 5.97 Å². The smallest absolute Gasteiger partial charge is 0.338 e. The topological polar surface area (TPSA) is 48.4 Å². The van der Waals surface area contributed by atoms with Crippen molar-refractivity contribution in [1.29, 1.82) is 0 Å². The van der Waals surface area contributed by atoms with Crippen molar-refractivity contribution in [3.05, 3.63) is 23.9 Å². The zero-order valence-electron chi connectivity index (χ0n) is 11.9. The van der Waals surface area contributed by atoms with Gasteiger partial charge in [0.25, 0.3) is 0 Å². The molecule has 0 atom stereocenters. The molecule has 0 amide bonds. The molecule has 1 rings (SSSR count). The molecule has 0 fully saturated rings. The predicted molar refractivity (Wildman–Crippen MR) is 74.4 cm³/mol. The van der Waals surface area contributed by atoms with Crippen LogP contribution >= 0.6 is 0 Å². The Kier molecular flexibility index (Phi) is 7.63. The summed E-state index contributed by atoms with van der Waals surface area (Å²) in [5.41, 5.74) is 0.468. The summed E-state index contributed by atoms with van der Waals surface area (Å²) in [5.74, 6) is 0.114. The lowest BCUT2D eigenvalue weighted by Gasteiger charge is -2.06. The molecule has 4 heteroatoms. The van der Waals surface area contributed by atoms with Crippen LogP contribution in [0.1, 0.15) is 55.8 Å². The highest BCUT2D eigenvalue weighted by molar-refractivity contribution is 5.89. The number of carbonyl (C=O) groups is 1. The van der Waals surface area contributed by atoms with Gasteiger partial charge in [0.2, 0.25) is 5.88 Å². The summed E-state index contributed by atoms with van der Waals surface area (Å²) in [6.07, 6.45) is 8.89. The average molecular weight is 265 g/mol. The van der Waals surface area contributed by atoms with Gasteiger partial charge < -0.3 is 9.47 Å². The number of hydrogen-bond donors (Lipinski definition) is 0. The fourth-order valence-electron chi connectivity index (χ4n) is 1.79. The van der Waals surface area contributed by atoms with Gasteiger partial charge in [-0.3, -0.25) is 0 Å². The van der Waals surface area contributed by atoms with Gasteiger partial charge in [-0.15, -0.1) is 0 Å². The maximum atomic E-state index is 11.3. The van der Waals surface area contributed by atoms with Crippen molar-refractivity contribution < 1.29 is 14.3 Å². The summed E-state index contributed by atoms with van der Waals surface area (Å²) < 4.78 is 10.2. The first-order valence-electron chi connectivity index (χ1n) is 6.95. The maximum Gasteiger partial charge on any atom is 0.338 e. The number of hydrogen-bond acceptors (Lipinski definition) is 4. The predicted octanol–water partition coefficient (Wildman–Crippen LogP) is 3.61. The van der Waals surface area contributed by atoms with Crippen LogP contribution in [-0.4, -0.2) is 24.7 Å². The van der Waals surface area contributed by atoms with Crippen LogP contribution in [0.15, 0.2) is 18.3 Å². The van der Waals surface area contributed by atoms with Crippen LogP contribution in [0.4, 0.5) is 0 Å². The SMILES string of the molecule is CCCCCCCCOc1cc(C(=O)OC)ccn1. The molecule has 19 heavy (non-hydrogen) atoms. The number of ether oxygens (including phenoxy) is 2. The molecule has 0 radical (unpaired) electrons. The molecule has 0 saturated heterocycles. The van der Waals surface area contributed by atoms with Gasteiger partial charge in [-0.25, -0.2) is 9.78 Å². The Labute approximate surface area is 115 Å². The van der Waals surface area contributed by atoms with Crippen LogP contribution in [-0.2, 0) is 4.74 Å². The molecule has 1 aromatic rings. The van der Waals surface area contributed by atoms with Crippen molar-refractivity contribution in [2.45, 2.75) is 45.4 Å². The molecular weight excluding hydrogens is 242 g/mol. The third-order valence-electron chi connectivity index (χ3n) is 2.90. The van der Waals surface area contributed by atoms with Crippen molar-refractivity contribution in [2.75, 3.05) is 13.7 Å². The molecule has 106 valence electrons. The van der Waals surface area contributed by atoms with Gasteiger partial charge in [0.15, 0.2) is 0 Å². The van der Waals surface area contributed by atoms with Crippen LogP contribution in [0.5, 0.6) is 5.88 Å². The monoisotopic (exact) mass is 265 g/mol. The Bertz CT molecular complexity index is 379. The van der Waals surface area contributed by atoms with Crippen LogP contribution < -0.4 is 4.74 Å². The summed E-state index contributed by atoms with van der Waals surface area (Å²) >= 11 is 0. The average Bonchev–Trinajstić information content (AvgIpc) is 2.46. The lowest BCUT2D eigenvalue weighted by Crippen LogP contribution is -2.04. The molecular formula is C15H23NO3. The van der Waals surface area contributed by atoms with E-state index in [0.717, 1.165) is 6.42 Å². The first-order chi connectivity index (χ1) is 9.27. The van der Waals surface area contributed by atoms with E-state index in [1.807, 2.05) is 0 Å². The first kappa shape index (κ1) is 15.5. The zero-order valence-corrected chi connectivity index (χ0v) is 11.9. The van der Waals surface area contributed by atoms with Crippen molar-refractivity contribution in [2.24, 2.45) is 0 Å². The Morgan fingerprint density at radius 1 is 1.21 bits per heavy atom. The summed E-state index contributed by atoms with van der Waals surface area (Å²) in [4.78, 5) is 15.4. The third kappa shape index (κ3) is 6.22. The molecule has 0 N–H and O–H groups in total. The highest BCUT2D eigenvalue weighted by Gasteiger charge is 2.06. The number of unbranched alkanes of at least 4 members (excludes halogenated alkanes) is 5. The van der Waals surface area contributed by atoms with E-state index in [0.29, 0.717) is 18.1 Å². The summed E-state index contributed by atoms with van der Waals surface area (Å²) in [7, 11) is 1.36. The number of rotatable bonds is 9. The molecule has 1 heterocycles. The van der Waals surface area contributed by atoms with Crippen LogP contribution in [0.3, 0.4) is 0 Å². The maximum absolute atomic E-state index is 11.3. The second-order valence-electron chi connectivity index (χ2n) is 4.49. The lowest BCUT2D eigenvalue weighted by molar-refractivity contribution is 0.0600. The highest BCUT2D eigenvalue weighted by atomic mass is 16.5. The van der Waals surface area contributed by atoms with Gasteiger partial charge >= 0.3 is 5.97 Å². The minimum atomic E-state index is -0.369. The zero-order chi connectivity index (χ0) is 13.9. The third-order valence-corrected chi connectivity index (χ3v) is 2.90. The molecule has 0 unspecified atom stereocenters. The van der Waals surface area contributed by atoms with Gasteiger partial charge in [-0.1, -0.05) is 39.0 Å². The van der Waals surface area contributed by atoms with Crippen LogP contribution in [0.2, 0.25) is 0 Å². The molecule has 0 aliphatic heterocycles. The van der Waals surface area contributed by atoms with Gasteiger partial charge in [0.05, 0.1) is 19.3 Å². The van der Waals surface area contributed by atoms with E-state index in [2.05, 4.69) is 16.6 Å². The van der Waals surface area contributed by atoms with Crippen molar-refractivity contribution >= 4 is 5.97 Å². The summed E-state index contributed by atoms with van der Waals surface area (Å²) in [5, 5.41) is 0. The molecule has 0 aliphatic carbocycles.